The van der Waals surface area contributed by atoms with Crippen molar-refractivity contribution < 1.29 is 9.32 Å². The van der Waals surface area contributed by atoms with E-state index < -0.39 is 0 Å². The molecule has 1 unspecified atom stereocenters. The number of carbonyl (C=O) groups is 1. The van der Waals surface area contributed by atoms with Crippen LogP contribution < -0.4 is 5.32 Å². The molecule has 1 aromatic heterocycles. The summed E-state index contributed by atoms with van der Waals surface area (Å²) in [5, 5.41) is 7.01. The van der Waals surface area contributed by atoms with Gasteiger partial charge in [0.1, 0.15) is 5.76 Å². The molecular formula is C19H26N2O2S. The number of carbonyl (C=O) groups excluding carboxylic acids is 1. The molecule has 5 heteroatoms. The molecule has 24 heavy (non-hydrogen) atoms. The number of aromatic nitrogens is 1. The van der Waals surface area contributed by atoms with Crippen LogP contribution in [-0.4, -0.2) is 23.4 Å². The van der Waals surface area contributed by atoms with Gasteiger partial charge in [-0.2, -0.15) is 0 Å². The summed E-state index contributed by atoms with van der Waals surface area (Å²) in [6.45, 7) is 8.89. The van der Waals surface area contributed by atoms with E-state index in [0.29, 0.717) is 24.1 Å². The Morgan fingerprint density at radius 2 is 1.96 bits per heavy atom. The van der Waals surface area contributed by atoms with E-state index in [1.54, 1.807) is 11.8 Å². The molecule has 4 nitrogen and oxygen atoms in total. The Bertz CT molecular complexity index is 633. The van der Waals surface area contributed by atoms with Crippen molar-refractivity contribution in [1.82, 2.24) is 10.5 Å². The Morgan fingerprint density at radius 3 is 2.54 bits per heavy atom. The summed E-state index contributed by atoms with van der Waals surface area (Å²) in [7, 11) is 0. The second-order valence-corrected chi connectivity index (χ2v) is 7.35. The van der Waals surface area contributed by atoms with E-state index in [9.17, 15) is 4.79 Å². The first-order valence-corrected chi connectivity index (χ1v) is 9.45. The van der Waals surface area contributed by atoms with Crippen molar-refractivity contribution in [2.75, 3.05) is 12.3 Å². The molecule has 2 aromatic rings. The van der Waals surface area contributed by atoms with Crippen LogP contribution in [0.1, 0.15) is 42.3 Å². The van der Waals surface area contributed by atoms with E-state index in [4.69, 9.17) is 4.52 Å². The van der Waals surface area contributed by atoms with Gasteiger partial charge in [0.25, 0.3) is 0 Å². The third kappa shape index (κ3) is 5.13. The van der Waals surface area contributed by atoms with Crippen LogP contribution in [0.5, 0.6) is 0 Å². The number of aryl methyl sites for hydroxylation is 2. The minimum Gasteiger partial charge on any atom is -0.361 e. The third-order valence-corrected chi connectivity index (χ3v) is 5.17. The van der Waals surface area contributed by atoms with Gasteiger partial charge in [-0.15, -0.1) is 11.8 Å². The van der Waals surface area contributed by atoms with Gasteiger partial charge in [0.15, 0.2) is 0 Å². The summed E-state index contributed by atoms with van der Waals surface area (Å²) < 4.78 is 5.14. The molecule has 1 atom stereocenters. The quantitative estimate of drug-likeness (QED) is 0.782. The standard InChI is InChI=1S/C19H26N2O2S/c1-13(2)17(16-8-6-5-7-9-16)10-20-19(22)12-24-11-18-14(3)21-23-15(18)4/h5-9,13,17H,10-12H2,1-4H3,(H,20,22). The SMILES string of the molecule is Cc1noc(C)c1CSCC(=O)NCC(c1ccccc1)C(C)C. The van der Waals surface area contributed by atoms with Crippen LogP contribution in [0.2, 0.25) is 0 Å². The summed E-state index contributed by atoms with van der Waals surface area (Å²) in [6, 6.07) is 10.4. The zero-order valence-corrected chi connectivity index (χ0v) is 15.7. The van der Waals surface area contributed by atoms with Crippen LogP contribution in [0.25, 0.3) is 0 Å². The smallest absolute Gasteiger partial charge is 0.230 e. The molecular weight excluding hydrogens is 320 g/mol. The number of nitrogens with one attached hydrogen (secondary N) is 1. The van der Waals surface area contributed by atoms with Crippen LogP contribution in [0.3, 0.4) is 0 Å². The average molecular weight is 346 g/mol. The lowest BCUT2D eigenvalue weighted by Crippen LogP contribution is -2.31. The normalized spacial score (nSPS) is 12.4. The number of thioether (sulfide) groups is 1. The van der Waals surface area contributed by atoms with Gasteiger partial charge in [0.2, 0.25) is 5.91 Å². The Balaban J connectivity index is 1.79. The van der Waals surface area contributed by atoms with Crippen molar-refractivity contribution in [2.45, 2.75) is 39.4 Å². The molecule has 1 N–H and O–H groups in total. The fraction of sp³-hybridized carbons (Fsp3) is 0.474. The van der Waals surface area contributed by atoms with E-state index in [-0.39, 0.29) is 5.91 Å². The van der Waals surface area contributed by atoms with Crippen molar-refractivity contribution in [3.05, 3.63) is 52.9 Å². The average Bonchev–Trinajstić information content (AvgIpc) is 2.87. The summed E-state index contributed by atoms with van der Waals surface area (Å²) in [6.07, 6.45) is 0. The maximum absolute atomic E-state index is 12.1. The highest BCUT2D eigenvalue weighted by molar-refractivity contribution is 7.99. The highest BCUT2D eigenvalue weighted by Crippen LogP contribution is 2.23. The van der Waals surface area contributed by atoms with Gasteiger partial charge in [-0.05, 0) is 25.3 Å². The van der Waals surface area contributed by atoms with E-state index in [1.165, 1.54) is 5.56 Å². The Morgan fingerprint density at radius 1 is 1.25 bits per heavy atom. The van der Waals surface area contributed by atoms with Gasteiger partial charge in [0.05, 0.1) is 11.4 Å². The lowest BCUT2D eigenvalue weighted by Gasteiger charge is -2.21. The molecule has 0 saturated carbocycles. The van der Waals surface area contributed by atoms with Gasteiger partial charge < -0.3 is 9.84 Å². The molecule has 1 amide bonds. The third-order valence-electron chi connectivity index (χ3n) is 4.21. The molecule has 1 heterocycles. The fourth-order valence-corrected chi connectivity index (χ4v) is 3.67. The Labute approximate surface area is 148 Å². The minimum absolute atomic E-state index is 0.0772. The van der Waals surface area contributed by atoms with Crippen LogP contribution in [-0.2, 0) is 10.5 Å². The second-order valence-electron chi connectivity index (χ2n) is 6.36. The molecule has 0 fully saturated rings. The predicted molar refractivity (Wildman–Crippen MR) is 99.2 cm³/mol. The number of hydrogen-bond donors (Lipinski definition) is 1. The van der Waals surface area contributed by atoms with Crippen LogP contribution in [0.4, 0.5) is 0 Å². The lowest BCUT2D eigenvalue weighted by atomic mass is 9.88. The first-order chi connectivity index (χ1) is 11.5. The van der Waals surface area contributed by atoms with Crippen molar-refractivity contribution in [3.8, 4) is 0 Å². The van der Waals surface area contributed by atoms with Crippen molar-refractivity contribution in [3.63, 3.8) is 0 Å². The molecule has 0 bridgehead atoms. The van der Waals surface area contributed by atoms with E-state index in [2.05, 4.69) is 36.5 Å². The van der Waals surface area contributed by atoms with Gasteiger partial charge in [-0.1, -0.05) is 49.3 Å². The van der Waals surface area contributed by atoms with E-state index >= 15 is 0 Å². The van der Waals surface area contributed by atoms with Crippen molar-refractivity contribution in [1.29, 1.82) is 0 Å². The van der Waals surface area contributed by atoms with Crippen LogP contribution >= 0.6 is 11.8 Å². The molecule has 2 rings (SSSR count). The van der Waals surface area contributed by atoms with E-state index in [0.717, 1.165) is 22.8 Å². The number of amides is 1. The lowest BCUT2D eigenvalue weighted by molar-refractivity contribution is -0.118. The summed E-state index contributed by atoms with van der Waals surface area (Å²) in [5.41, 5.74) is 3.28. The molecule has 130 valence electrons. The van der Waals surface area contributed by atoms with Gasteiger partial charge >= 0.3 is 0 Å². The summed E-state index contributed by atoms with van der Waals surface area (Å²) in [5.74, 6) is 2.92. The van der Waals surface area contributed by atoms with Crippen molar-refractivity contribution >= 4 is 17.7 Å². The first kappa shape index (κ1) is 18.6. The van der Waals surface area contributed by atoms with E-state index in [1.807, 2.05) is 32.0 Å². The second kappa shape index (κ2) is 8.92. The van der Waals surface area contributed by atoms with Gasteiger partial charge in [-0.3, -0.25) is 4.79 Å². The molecule has 0 aliphatic carbocycles. The highest BCUT2D eigenvalue weighted by atomic mass is 32.2. The predicted octanol–water partition coefficient (Wildman–Crippen LogP) is 4.08. The summed E-state index contributed by atoms with van der Waals surface area (Å²) in [4.78, 5) is 12.1. The largest absolute Gasteiger partial charge is 0.361 e. The number of hydrogen-bond acceptors (Lipinski definition) is 4. The topological polar surface area (TPSA) is 55.1 Å². The first-order valence-electron chi connectivity index (χ1n) is 8.30. The molecule has 0 saturated heterocycles. The van der Waals surface area contributed by atoms with Gasteiger partial charge in [-0.25, -0.2) is 0 Å². The molecule has 0 aliphatic rings. The van der Waals surface area contributed by atoms with Crippen molar-refractivity contribution in [2.24, 2.45) is 5.92 Å². The number of nitrogens with zero attached hydrogens (tertiary/aromatic N) is 1. The maximum Gasteiger partial charge on any atom is 0.230 e. The molecule has 1 aromatic carbocycles. The Hall–Kier alpha value is -1.75. The molecule has 0 radical (unpaired) electrons. The number of benzene rings is 1. The zero-order valence-electron chi connectivity index (χ0n) is 14.8. The minimum atomic E-state index is 0.0772. The van der Waals surface area contributed by atoms with Gasteiger partial charge in [0, 0.05) is 23.8 Å². The molecule has 0 aliphatic heterocycles. The maximum atomic E-state index is 12.1. The Kier molecular flexibility index (Phi) is 6.91. The monoisotopic (exact) mass is 346 g/mol. The highest BCUT2D eigenvalue weighted by Gasteiger charge is 2.17. The molecule has 0 spiro atoms. The summed E-state index contributed by atoms with van der Waals surface area (Å²) >= 11 is 1.59. The van der Waals surface area contributed by atoms with Crippen LogP contribution in [0, 0.1) is 19.8 Å². The number of rotatable bonds is 8. The fourth-order valence-electron chi connectivity index (χ4n) is 2.67. The van der Waals surface area contributed by atoms with Crippen LogP contribution in [0.15, 0.2) is 34.9 Å². The zero-order chi connectivity index (χ0) is 17.5.